The van der Waals surface area contributed by atoms with Gasteiger partial charge in [0.1, 0.15) is 23.6 Å². The second kappa shape index (κ2) is 7.65. The van der Waals surface area contributed by atoms with Crippen LogP contribution in [-0.2, 0) is 9.53 Å². The fraction of sp³-hybridized carbons (Fsp3) is 0.476. The van der Waals surface area contributed by atoms with Gasteiger partial charge in [0.25, 0.3) is 12.3 Å². The zero-order chi connectivity index (χ0) is 22.6. The summed E-state index contributed by atoms with van der Waals surface area (Å²) in [4.78, 5) is 24.0. The molecule has 3 aliphatic heterocycles. The minimum Gasteiger partial charge on any atom is -0.342 e. The molecule has 3 saturated heterocycles. The molecule has 1 amide bonds. The van der Waals surface area contributed by atoms with Crippen LogP contribution in [-0.4, -0.2) is 45.7 Å². The number of carbonyl (C=O) groups excluding carboxylic acids is 1. The summed E-state index contributed by atoms with van der Waals surface area (Å²) in [5.41, 5.74) is -1.68. The first-order chi connectivity index (χ1) is 15.3. The molecule has 0 N–H and O–H groups in total. The normalized spacial score (nSPS) is 24.6. The number of benzene rings is 1. The monoisotopic (exact) mass is 454 g/mol. The summed E-state index contributed by atoms with van der Waals surface area (Å²) in [6.07, 6.45) is -1.26. The van der Waals surface area contributed by atoms with Crippen molar-refractivity contribution in [2.75, 3.05) is 18.0 Å². The molecule has 3 fully saturated rings. The largest absolute Gasteiger partial charge is 0.342 e. The average molecular weight is 454 g/mol. The van der Waals surface area contributed by atoms with Crippen LogP contribution in [0.1, 0.15) is 49.4 Å². The van der Waals surface area contributed by atoms with E-state index in [1.165, 1.54) is 12.1 Å². The van der Waals surface area contributed by atoms with Gasteiger partial charge in [-0.15, -0.1) is 0 Å². The fourth-order valence-electron chi connectivity index (χ4n) is 4.88. The molecule has 0 bridgehead atoms. The number of amides is 1. The molecule has 1 aromatic carbocycles. The van der Waals surface area contributed by atoms with Crippen LogP contribution < -0.4 is 4.90 Å². The minimum atomic E-state index is -3.07. The van der Waals surface area contributed by atoms with Crippen molar-refractivity contribution in [1.82, 2.24) is 14.9 Å². The van der Waals surface area contributed by atoms with Gasteiger partial charge < -0.3 is 14.5 Å². The maximum Gasteiger partial charge on any atom is 0.283 e. The van der Waals surface area contributed by atoms with Crippen LogP contribution in [0.25, 0.3) is 0 Å². The molecular weight excluding hydrogens is 435 g/mol. The molecule has 5 rings (SSSR count). The number of hydrogen-bond acceptors (Lipinski definition) is 5. The topological polar surface area (TPSA) is 58.6 Å². The molecule has 170 valence electrons. The molecule has 0 aliphatic carbocycles. The highest BCUT2D eigenvalue weighted by Crippen LogP contribution is 2.48. The Morgan fingerprint density at radius 3 is 2.41 bits per heavy atom. The first kappa shape index (κ1) is 21.0. The van der Waals surface area contributed by atoms with Crippen molar-refractivity contribution in [3.05, 3.63) is 53.1 Å². The van der Waals surface area contributed by atoms with Crippen molar-refractivity contribution in [2.24, 2.45) is 0 Å². The van der Waals surface area contributed by atoms with E-state index in [2.05, 4.69) is 9.97 Å². The van der Waals surface area contributed by atoms with E-state index in [1.807, 2.05) is 0 Å². The average Bonchev–Trinajstić information content (AvgIpc) is 3.26. The second-order valence-corrected chi connectivity index (χ2v) is 8.27. The minimum absolute atomic E-state index is 0.0318. The maximum absolute atomic E-state index is 13.7. The van der Waals surface area contributed by atoms with Gasteiger partial charge in [-0.3, -0.25) is 4.79 Å². The highest BCUT2D eigenvalue weighted by molar-refractivity contribution is 5.88. The first-order valence-corrected chi connectivity index (χ1v) is 10.3. The number of rotatable bonds is 3. The van der Waals surface area contributed by atoms with E-state index in [4.69, 9.17) is 4.74 Å². The van der Waals surface area contributed by atoms with Gasteiger partial charge in [0.2, 0.25) is 5.95 Å². The molecule has 2 aromatic rings. The first-order valence-electron chi connectivity index (χ1n) is 10.3. The van der Waals surface area contributed by atoms with E-state index in [9.17, 15) is 26.7 Å². The molecule has 1 aromatic heterocycles. The van der Waals surface area contributed by atoms with Gasteiger partial charge in [-0.1, -0.05) is 0 Å². The molecule has 2 unspecified atom stereocenters. The predicted molar refractivity (Wildman–Crippen MR) is 101 cm³/mol. The van der Waals surface area contributed by atoms with Crippen LogP contribution in [0.4, 0.5) is 27.9 Å². The fourth-order valence-corrected chi connectivity index (χ4v) is 4.88. The lowest BCUT2D eigenvalue weighted by molar-refractivity contribution is -0.140. The molecule has 6 nitrogen and oxygen atoms in total. The molecule has 0 radical (unpaired) electrons. The third kappa shape index (κ3) is 3.39. The summed E-state index contributed by atoms with van der Waals surface area (Å²) in [5.74, 6) is -2.87. The molecule has 3 aliphatic rings. The van der Waals surface area contributed by atoms with E-state index in [1.54, 1.807) is 9.80 Å². The zero-order valence-corrected chi connectivity index (χ0v) is 16.8. The number of aromatic nitrogens is 2. The van der Waals surface area contributed by atoms with Crippen molar-refractivity contribution in [2.45, 2.75) is 50.0 Å². The highest BCUT2D eigenvalue weighted by atomic mass is 19.3. The summed E-state index contributed by atoms with van der Waals surface area (Å²) in [6.45, 7) is 0.500. The molecular formula is C21H19F5N4O2. The van der Waals surface area contributed by atoms with Gasteiger partial charge in [-0.05, 0) is 30.5 Å². The smallest absolute Gasteiger partial charge is 0.283 e. The van der Waals surface area contributed by atoms with E-state index in [-0.39, 0.29) is 37.8 Å². The van der Waals surface area contributed by atoms with Crippen molar-refractivity contribution in [3.63, 3.8) is 0 Å². The van der Waals surface area contributed by atoms with E-state index < -0.39 is 47.4 Å². The highest BCUT2D eigenvalue weighted by Gasteiger charge is 2.58. The van der Waals surface area contributed by atoms with Gasteiger partial charge in [0.05, 0.1) is 12.2 Å². The summed E-state index contributed by atoms with van der Waals surface area (Å²) >= 11 is 0. The van der Waals surface area contributed by atoms with E-state index in [0.717, 1.165) is 6.07 Å². The van der Waals surface area contributed by atoms with Crippen LogP contribution in [0.5, 0.6) is 0 Å². The number of piperidine rings is 1. The molecule has 0 saturated carbocycles. The van der Waals surface area contributed by atoms with Gasteiger partial charge in [0, 0.05) is 32.0 Å². The van der Waals surface area contributed by atoms with Crippen LogP contribution >= 0.6 is 0 Å². The number of anilines is 1. The lowest BCUT2D eigenvalue weighted by atomic mass is 9.89. The quantitative estimate of drug-likeness (QED) is 0.659. The van der Waals surface area contributed by atoms with Crippen LogP contribution in [0.15, 0.2) is 24.4 Å². The number of fused-ring (bicyclic) bond motifs is 1. The Morgan fingerprint density at radius 1 is 1.06 bits per heavy atom. The summed E-state index contributed by atoms with van der Waals surface area (Å²) in [6, 6.07) is 2.75. The van der Waals surface area contributed by atoms with E-state index >= 15 is 0 Å². The second-order valence-electron chi connectivity index (χ2n) is 8.27. The summed E-state index contributed by atoms with van der Waals surface area (Å²) < 4.78 is 73.0. The van der Waals surface area contributed by atoms with E-state index in [0.29, 0.717) is 24.6 Å². The lowest BCUT2D eigenvalue weighted by Crippen LogP contribution is -2.50. The third-order valence-electron chi connectivity index (χ3n) is 6.41. The Kier molecular flexibility index (Phi) is 5.03. The van der Waals surface area contributed by atoms with Gasteiger partial charge in [0.15, 0.2) is 11.4 Å². The Hall–Kier alpha value is -2.82. The van der Waals surface area contributed by atoms with Crippen LogP contribution in [0.3, 0.4) is 0 Å². The number of hydrogen-bond donors (Lipinski definition) is 0. The van der Waals surface area contributed by atoms with Crippen molar-refractivity contribution < 1.29 is 31.5 Å². The lowest BCUT2D eigenvalue weighted by Gasteiger charge is -2.37. The Bertz CT molecular complexity index is 1040. The van der Waals surface area contributed by atoms with Gasteiger partial charge >= 0.3 is 0 Å². The molecule has 2 atom stereocenters. The number of halogens is 5. The number of ether oxygens (including phenoxy) is 1. The zero-order valence-electron chi connectivity index (χ0n) is 16.8. The van der Waals surface area contributed by atoms with Gasteiger partial charge in [-0.25, -0.2) is 31.9 Å². The van der Waals surface area contributed by atoms with Crippen molar-refractivity contribution in [1.29, 1.82) is 0 Å². The molecule has 1 spiro atoms. The number of nitrogens with zero attached hydrogens (tertiary/aromatic N) is 4. The van der Waals surface area contributed by atoms with Crippen molar-refractivity contribution in [3.8, 4) is 0 Å². The summed E-state index contributed by atoms with van der Waals surface area (Å²) in [7, 11) is 0. The molecule has 4 heterocycles. The standard InChI is InChI=1S/C21H19F5N4O2/c22-12-7-11(8-13(23)9-12)15-1-2-16-30(15)19(31)21(32-16)3-5-29(6-4-21)20-27-10-14(24)17(28-20)18(25)26/h7-10,15-16,18H,1-6H2. The Balaban J connectivity index is 1.33. The number of alkyl halides is 2. The maximum atomic E-state index is 13.7. The molecule has 32 heavy (non-hydrogen) atoms. The van der Waals surface area contributed by atoms with Crippen LogP contribution in [0.2, 0.25) is 0 Å². The molecule has 11 heteroatoms. The SMILES string of the molecule is O=C1N2C(CCC2c2cc(F)cc(F)c2)OC12CCN(c1ncc(F)c(C(F)F)n1)CC2. The number of carbonyl (C=O) groups is 1. The third-order valence-corrected chi connectivity index (χ3v) is 6.41. The Morgan fingerprint density at radius 2 is 1.75 bits per heavy atom. The van der Waals surface area contributed by atoms with Crippen molar-refractivity contribution >= 4 is 11.9 Å². The predicted octanol–water partition coefficient (Wildman–Crippen LogP) is 3.89. The van der Waals surface area contributed by atoms with Crippen LogP contribution in [0, 0.1) is 17.5 Å². The van der Waals surface area contributed by atoms with Gasteiger partial charge in [-0.2, -0.15) is 0 Å². The Labute approximate surface area is 180 Å². The summed E-state index contributed by atoms with van der Waals surface area (Å²) in [5, 5.41) is 0.